The summed E-state index contributed by atoms with van der Waals surface area (Å²) in [6, 6.07) is 6.83. The Kier molecular flexibility index (Phi) is 3.60. The van der Waals surface area contributed by atoms with E-state index in [4.69, 9.17) is 4.74 Å². The molecule has 2 aromatic heterocycles. The van der Waals surface area contributed by atoms with E-state index in [0.29, 0.717) is 17.2 Å². The lowest BCUT2D eigenvalue weighted by Gasteiger charge is -2.16. The molecule has 0 aliphatic heterocycles. The minimum atomic E-state index is -0.421. The van der Waals surface area contributed by atoms with Gasteiger partial charge in [0.2, 0.25) is 5.88 Å². The van der Waals surface area contributed by atoms with Gasteiger partial charge < -0.3 is 4.74 Å². The molecule has 0 aliphatic carbocycles. The summed E-state index contributed by atoms with van der Waals surface area (Å²) in [5.74, 6) is 1.11. The second-order valence-electron chi connectivity index (χ2n) is 5.25. The highest BCUT2D eigenvalue weighted by molar-refractivity contribution is 5.99. The monoisotopic (exact) mass is 256 g/mol. The Morgan fingerprint density at radius 1 is 1.11 bits per heavy atom. The van der Waals surface area contributed by atoms with Gasteiger partial charge in [0.15, 0.2) is 5.78 Å². The van der Waals surface area contributed by atoms with Crippen molar-refractivity contribution in [2.24, 2.45) is 5.41 Å². The highest BCUT2D eigenvalue weighted by Crippen LogP contribution is 2.24. The predicted octanol–water partition coefficient (Wildman–Crippen LogP) is 3.50. The number of ether oxygens (including phenoxy) is 1. The summed E-state index contributed by atoms with van der Waals surface area (Å²) in [5.41, 5.74) is 0.182. The molecule has 0 atom stereocenters. The molecular formula is C15H16N2O2. The summed E-state index contributed by atoms with van der Waals surface area (Å²) >= 11 is 0. The van der Waals surface area contributed by atoms with Crippen LogP contribution < -0.4 is 4.74 Å². The summed E-state index contributed by atoms with van der Waals surface area (Å²) in [6.45, 7) is 5.66. The molecule has 0 bridgehead atoms. The van der Waals surface area contributed by atoms with Crippen LogP contribution in [-0.4, -0.2) is 15.8 Å². The van der Waals surface area contributed by atoms with Crippen LogP contribution in [0.4, 0.5) is 0 Å². The number of ketones is 1. The van der Waals surface area contributed by atoms with Crippen molar-refractivity contribution in [3.8, 4) is 11.6 Å². The third-order valence-electron chi connectivity index (χ3n) is 2.55. The van der Waals surface area contributed by atoms with Crippen LogP contribution in [0, 0.1) is 5.41 Å². The van der Waals surface area contributed by atoms with Gasteiger partial charge in [0.05, 0.1) is 0 Å². The first-order chi connectivity index (χ1) is 8.97. The minimum absolute atomic E-state index is 0.0643. The number of hydrogen-bond acceptors (Lipinski definition) is 4. The van der Waals surface area contributed by atoms with E-state index in [0.717, 1.165) is 0 Å². The Bertz CT molecular complexity index is 574. The van der Waals surface area contributed by atoms with Gasteiger partial charge in [-0.25, -0.2) is 4.98 Å². The van der Waals surface area contributed by atoms with E-state index >= 15 is 0 Å². The van der Waals surface area contributed by atoms with Crippen LogP contribution in [0.1, 0.15) is 31.1 Å². The molecule has 0 radical (unpaired) electrons. The Balaban J connectivity index is 2.23. The molecule has 4 nitrogen and oxygen atoms in total. The van der Waals surface area contributed by atoms with Crippen LogP contribution in [0.3, 0.4) is 0 Å². The number of pyridine rings is 2. The highest BCUT2D eigenvalue weighted by Gasteiger charge is 2.23. The number of rotatable bonds is 3. The molecule has 2 heterocycles. The maximum Gasteiger partial charge on any atom is 0.219 e. The van der Waals surface area contributed by atoms with E-state index in [1.807, 2.05) is 20.8 Å². The Labute approximate surface area is 112 Å². The van der Waals surface area contributed by atoms with Gasteiger partial charge in [0, 0.05) is 35.6 Å². The summed E-state index contributed by atoms with van der Waals surface area (Å²) in [5, 5.41) is 0. The Morgan fingerprint density at radius 3 is 2.42 bits per heavy atom. The van der Waals surface area contributed by atoms with Crippen molar-refractivity contribution in [3.05, 3.63) is 48.4 Å². The van der Waals surface area contributed by atoms with Crippen LogP contribution in [0.2, 0.25) is 0 Å². The summed E-state index contributed by atoms with van der Waals surface area (Å²) in [7, 11) is 0. The van der Waals surface area contributed by atoms with Crippen molar-refractivity contribution in [1.29, 1.82) is 0 Å². The van der Waals surface area contributed by atoms with Crippen LogP contribution in [0.5, 0.6) is 11.6 Å². The van der Waals surface area contributed by atoms with E-state index < -0.39 is 5.41 Å². The molecule has 0 fully saturated rings. The molecule has 2 aromatic rings. The molecule has 0 unspecified atom stereocenters. The maximum atomic E-state index is 12.2. The standard InChI is InChI=1S/C15H16N2O2/c1-15(2,3)14(18)11-4-9-17-13(10-11)19-12-5-7-16-8-6-12/h4-10H,1-3H3. The Hall–Kier alpha value is -2.23. The third kappa shape index (κ3) is 3.37. The number of nitrogens with zero attached hydrogens (tertiary/aromatic N) is 2. The zero-order valence-corrected chi connectivity index (χ0v) is 11.3. The second kappa shape index (κ2) is 5.18. The largest absolute Gasteiger partial charge is 0.439 e. The lowest BCUT2D eigenvalue weighted by molar-refractivity contribution is 0.0858. The second-order valence-corrected chi connectivity index (χ2v) is 5.25. The zero-order chi connectivity index (χ0) is 13.9. The van der Waals surface area contributed by atoms with Crippen molar-refractivity contribution >= 4 is 5.78 Å². The van der Waals surface area contributed by atoms with Crippen molar-refractivity contribution in [3.63, 3.8) is 0 Å². The van der Waals surface area contributed by atoms with Gasteiger partial charge >= 0.3 is 0 Å². The van der Waals surface area contributed by atoms with Gasteiger partial charge in [-0.15, -0.1) is 0 Å². The fourth-order valence-corrected chi connectivity index (χ4v) is 1.57. The zero-order valence-electron chi connectivity index (χ0n) is 11.3. The third-order valence-corrected chi connectivity index (χ3v) is 2.55. The molecule has 2 rings (SSSR count). The van der Waals surface area contributed by atoms with Gasteiger partial charge in [0.25, 0.3) is 0 Å². The van der Waals surface area contributed by atoms with E-state index in [9.17, 15) is 4.79 Å². The first-order valence-electron chi connectivity index (χ1n) is 6.05. The van der Waals surface area contributed by atoms with E-state index in [1.54, 1.807) is 42.9 Å². The van der Waals surface area contributed by atoms with Gasteiger partial charge in [-0.1, -0.05) is 20.8 Å². The molecule has 98 valence electrons. The lowest BCUT2D eigenvalue weighted by atomic mass is 9.87. The average Bonchev–Trinajstić information content (AvgIpc) is 2.38. The smallest absolute Gasteiger partial charge is 0.219 e. The van der Waals surface area contributed by atoms with Gasteiger partial charge in [-0.3, -0.25) is 9.78 Å². The van der Waals surface area contributed by atoms with Crippen molar-refractivity contribution in [2.45, 2.75) is 20.8 Å². The minimum Gasteiger partial charge on any atom is -0.439 e. The molecule has 0 aliphatic rings. The first kappa shape index (κ1) is 13.2. The molecule has 0 saturated heterocycles. The lowest BCUT2D eigenvalue weighted by Crippen LogP contribution is -2.20. The summed E-state index contributed by atoms with van der Waals surface area (Å²) in [6.07, 6.45) is 4.86. The van der Waals surface area contributed by atoms with Gasteiger partial charge in [0.1, 0.15) is 5.75 Å². The normalized spacial score (nSPS) is 11.1. The van der Waals surface area contributed by atoms with E-state index in [2.05, 4.69) is 9.97 Å². The first-order valence-corrected chi connectivity index (χ1v) is 6.05. The molecule has 19 heavy (non-hydrogen) atoms. The molecule has 0 N–H and O–H groups in total. The molecule has 0 amide bonds. The van der Waals surface area contributed by atoms with Gasteiger partial charge in [-0.2, -0.15) is 0 Å². The topological polar surface area (TPSA) is 52.1 Å². The molecular weight excluding hydrogens is 240 g/mol. The van der Waals surface area contributed by atoms with Crippen LogP contribution >= 0.6 is 0 Å². The number of Topliss-reactive ketones (excluding diaryl/α,β-unsaturated/α-hetero) is 1. The number of aromatic nitrogens is 2. The SMILES string of the molecule is CC(C)(C)C(=O)c1ccnc(Oc2ccncc2)c1. The molecule has 0 spiro atoms. The molecule has 4 heteroatoms. The maximum absolute atomic E-state index is 12.2. The quantitative estimate of drug-likeness (QED) is 0.789. The summed E-state index contributed by atoms with van der Waals surface area (Å²) in [4.78, 5) is 20.2. The number of hydrogen-bond donors (Lipinski definition) is 0. The van der Waals surface area contributed by atoms with Crippen molar-refractivity contribution < 1.29 is 9.53 Å². The number of carbonyl (C=O) groups is 1. The van der Waals surface area contributed by atoms with Crippen LogP contribution in [-0.2, 0) is 0 Å². The average molecular weight is 256 g/mol. The summed E-state index contributed by atoms with van der Waals surface area (Å²) < 4.78 is 5.58. The fourth-order valence-electron chi connectivity index (χ4n) is 1.57. The predicted molar refractivity (Wildman–Crippen MR) is 72.3 cm³/mol. The highest BCUT2D eigenvalue weighted by atomic mass is 16.5. The number of carbonyl (C=O) groups excluding carboxylic acids is 1. The molecule has 0 aromatic carbocycles. The van der Waals surface area contributed by atoms with Crippen LogP contribution in [0.15, 0.2) is 42.9 Å². The van der Waals surface area contributed by atoms with Crippen molar-refractivity contribution in [2.75, 3.05) is 0 Å². The van der Waals surface area contributed by atoms with E-state index in [-0.39, 0.29) is 5.78 Å². The van der Waals surface area contributed by atoms with Crippen molar-refractivity contribution in [1.82, 2.24) is 9.97 Å². The van der Waals surface area contributed by atoms with Gasteiger partial charge in [-0.05, 0) is 18.2 Å². The van der Waals surface area contributed by atoms with E-state index in [1.165, 1.54) is 0 Å². The van der Waals surface area contributed by atoms with Crippen LogP contribution in [0.25, 0.3) is 0 Å². The fraction of sp³-hybridized carbons (Fsp3) is 0.267. The molecule has 0 saturated carbocycles. The Morgan fingerprint density at radius 2 is 1.79 bits per heavy atom.